The number of hydrogen-bond donors (Lipinski definition) is 2. The van der Waals surface area contributed by atoms with Gasteiger partial charge in [-0.25, -0.2) is 0 Å². The highest BCUT2D eigenvalue weighted by molar-refractivity contribution is 5.97. The van der Waals surface area contributed by atoms with Crippen molar-refractivity contribution in [3.8, 4) is 18.1 Å². The standard InChI is InChI=1S/C13H15NO2/c1-4-10(5-2)14-13(16)11-7-6-9(3)8-12(11)15/h1,6-8,10,15H,5H2,2-3H3,(H,14,16). The Labute approximate surface area is 95.5 Å². The van der Waals surface area contributed by atoms with Gasteiger partial charge in [0.15, 0.2) is 0 Å². The quantitative estimate of drug-likeness (QED) is 0.759. The predicted molar refractivity (Wildman–Crippen MR) is 63.2 cm³/mol. The molecule has 0 aromatic heterocycles. The molecule has 1 unspecified atom stereocenters. The van der Waals surface area contributed by atoms with Crippen LogP contribution in [-0.2, 0) is 0 Å². The average molecular weight is 217 g/mol. The number of phenols is 1. The van der Waals surface area contributed by atoms with Crippen molar-refractivity contribution in [3.05, 3.63) is 29.3 Å². The first-order valence-corrected chi connectivity index (χ1v) is 5.15. The number of amides is 1. The molecule has 0 bridgehead atoms. The van der Waals surface area contributed by atoms with E-state index in [0.29, 0.717) is 6.42 Å². The van der Waals surface area contributed by atoms with Gasteiger partial charge >= 0.3 is 0 Å². The number of benzene rings is 1. The van der Waals surface area contributed by atoms with Crippen molar-refractivity contribution in [2.24, 2.45) is 0 Å². The summed E-state index contributed by atoms with van der Waals surface area (Å²) in [7, 11) is 0. The van der Waals surface area contributed by atoms with Gasteiger partial charge in [-0.15, -0.1) is 6.42 Å². The number of hydrogen-bond acceptors (Lipinski definition) is 2. The largest absolute Gasteiger partial charge is 0.507 e. The Morgan fingerprint density at radius 3 is 2.81 bits per heavy atom. The van der Waals surface area contributed by atoms with E-state index < -0.39 is 0 Å². The fraction of sp³-hybridized carbons (Fsp3) is 0.308. The van der Waals surface area contributed by atoms with Gasteiger partial charge in [0.1, 0.15) is 5.75 Å². The monoisotopic (exact) mass is 217 g/mol. The lowest BCUT2D eigenvalue weighted by molar-refractivity contribution is 0.0942. The fourth-order valence-electron chi connectivity index (χ4n) is 1.33. The van der Waals surface area contributed by atoms with E-state index in [-0.39, 0.29) is 23.3 Å². The number of carbonyl (C=O) groups is 1. The Bertz CT molecular complexity index is 432. The second kappa shape index (κ2) is 5.22. The van der Waals surface area contributed by atoms with Gasteiger partial charge in [-0.3, -0.25) is 4.79 Å². The summed E-state index contributed by atoms with van der Waals surface area (Å²) >= 11 is 0. The first-order valence-electron chi connectivity index (χ1n) is 5.15. The first kappa shape index (κ1) is 12.1. The molecule has 1 amide bonds. The maximum absolute atomic E-state index is 11.7. The van der Waals surface area contributed by atoms with Gasteiger partial charge in [-0.1, -0.05) is 18.9 Å². The minimum absolute atomic E-state index is 0.0237. The normalized spacial score (nSPS) is 11.6. The molecule has 0 saturated carbocycles. The topological polar surface area (TPSA) is 49.3 Å². The molecular formula is C13H15NO2. The van der Waals surface area contributed by atoms with Crippen molar-refractivity contribution in [3.63, 3.8) is 0 Å². The van der Waals surface area contributed by atoms with Crippen LogP contribution in [0.25, 0.3) is 0 Å². The Kier molecular flexibility index (Phi) is 3.96. The third kappa shape index (κ3) is 2.77. The van der Waals surface area contributed by atoms with E-state index in [1.165, 1.54) is 0 Å². The zero-order valence-corrected chi connectivity index (χ0v) is 9.45. The van der Waals surface area contributed by atoms with E-state index in [2.05, 4.69) is 11.2 Å². The molecule has 0 aliphatic rings. The van der Waals surface area contributed by atoms with Gasteiger partial charge in [-0.05, 0) is 31.0 Å². The van der Waals surface area contributed by atoms with Gasteiger partial charge < -0.3 is 10.4 Å². The molecule has 0 radical (unpaired) electrons. The SMILES string of the molecule is C#CC(CC)NC(=O)c1ccc(C)cc1O. The number of carbonyl (C=O) groups excluding carboxylic acids is 1. The first-order chi connectivity index (χ1) is 7.58. The number of nitrogens with one attached hydrogen (secondary N) is 1. The average Bonchev–Trinajstić information content (AvgIpc) is 2.25. The van der Waals surface area contributed by atoms with Gasteiger partial charge in [0.2, 0.25) is 0 Å². The van der Waals surface area contributed by atoms with Crippen LogP contribution < -0.4 is 5.32 Å². The Morgan fingerprint density at radius 2 is 2.31 bits per heavy atom. The van der Waals surface area contributed by atoms with Gasteiger partial charge in [-0.2, -0.15) is 0 Å². The number of aryl methyl sites for hydroxylation is 1. The Balaban J connectivity index is 2.85. The van der Waals surface area contributed by atoms with Crippen LogP contribution in [0.3, 0.4) is 0 Å². The highest BCUT2D eigenvalue weighted by Gasteiger charge is 2.13. The van der Waals surface area contributed by atoms with Crippen LogP contribution >= 0.6 is 0 Å². The van der Waals surface area contributed by atoms with Crippen molar-refractivity contribution in [1.29, 1.82) is 0 Å². The third-order valence-corrected chi connectivity index (χ3v) is 2.31. The molecule has 84 valence electrons. The second-order valence-electron chi connectivity index (χ2n) is 3.62. The lowest BCUT2D eigenvalue weighted by Gasteiger charge is -2.11. The summed E-state index contributed by atoms with van der Waals surface area (Å²) in [5.74, 6) is 2.10. The molecule has 1 atom stereocenters. The van der Waals surface area contributed by atoms with Crippen molar-refractivity contribution >= 4 is 5.91 Å². The summed E-state index contributed by atoms with van der Waals surface area (Å²) in [6, 6.07) is 4.61. The summed E-state index contributed by atoms with van der Waals surface area (Å²) in [6.45, 7) is 3.73. The minimum Gasteiger partial charge on any atom is -0.507 e. The molecular weight excluding hydrogens is 202 g/mol. The van der Waals surface area contributed by atoms with Crippen LogP contribution in [0.15, 0.2) is 18.2 Å². The Hall–Kier alpha value is -1.95. The second-order valence-corrected chi connectivity index (χ2v) is 3.62. The molecule has 0 fully saturated rings. The van der Waals surface area contributed by atoms with Crippen LogP contribution in [0.5, 0.6) is 5.75 Å². The van der Waals surface area contributed by atoms with Crippen molar-refractivity contribution in [1.82, 2.24) is 5.32 Å². The van der Waals surface area contributed by atoms with Gasteiger partial charge in [0.05, 0.1) is 11.6 Å². The zero-order chi connectivity index (χ0) is 12.1. The fourth-order valence-corrected chi connectivity index (χ4v) is 1.33. The molecule has 1 aromatic rings. The maximum atomic E-state index is 11.7. The molecule has 2 N–H and O–H groups in total. The summed E-state index contributed by atoms with van der Waals surface area (Å²) in [6.07, 6.45) is 5.91. The molecule has 0 heterocycles. The molecule has 0 aliphatic carbocycles. The smallest absolute Gasteiger partial charge is 0.256 e. The number of rotatable bonds is 3. The lowest BCUT2D eigenvalue weighted by Crippen LogP contribution is -2.33. The van der Waals surface area contributed by atoms with E-state index in [4.69, 9.17) is 6.42 Å². The van der Waals surface area contributed by atoms with E-state index in [0.717, 1.165) is 5.56 Å². The highest BCUT2D eigenvalue weighted by atomic mass is 16.3. The van der Waals surface area contributed by atoms with Crippen LogP contribution in [0.4, 0.5) is 0 Å². The summed E-state index contributed by atoms with van der Waals surface area (Å²) in [5, 5.41) is 12.3. The van der Waals surface area contributed by atoms with Crippen molar-refractivity contribution < 1.29 is 9.90 Å². The summed E-state index contributed by atoms with van der Waals surface area (Å²) in [4.78, 5) is 11.7. The third-order valence-electron chi connectivity index (χ3n) is 2.31. The van der Waals surface area contributed by atoms with Crippen LogP contribution in [0.2, 0.25) is 0 Å². The predicted octanol–water partition coefficient (Wildman–Crippen LogP) is 1.84. The summed E-state index contributed by atoms with van der Waals surface area (Å²) in [5.41, 5.74) is 1.15. The van der Waals surface area contributed by atoms with E-state index in [1.54, 1.807) is 18.2 Å². The minimum atomic E-state index is -0.345. The number of aromatic hydroxyl groups is 1. The van der Waals surface area contributed by atoms with Crippen LogP contribution in [-0.4, -0.2) is 17.1 Å². The molecule has 0 saturated heterocycles. The molecule has 3 nitrogen and oxygen atoms in total. The van der Waals surface area contributed by atoms with Crippen molar-refractivity contribution in [2.45, 2.75) is 26.3 Å². The van der Waals surface area contributed by atoms with E-state index >= 15 is 0 Å². The molecule has 1 rings (SSSR count). The molecule has 3 heteroatoms. The van der Waals surface area contributed by atoms with Gasteiger partial charge in [0.25, 0.3) is 5.91 Å². The number of phenolic OH excluding ortho intramolecular Hbond substituents is 1. The number of terminal acetylenes is 1. The van der Waals surface area contributed by atoms with E-state index in [1.807, 2.05) is 13.8 Å². The Morgan fingerprint density at radius 1 is 1.62 bits per heavy atom. The van der Waals surface area contributed by atoms with E-state index in [9.17, 15) is 9.90 Å². The zero-order valence-electron chi connectivity index (χ0n) is 9.45. The van der Waals surface area contributed by atoms with Crippen molar-refractivity contribution in [2.75, 3.05) is 0 Å². The summed E-state index contributed by atoms with van der Waals surface area (Å²) < 4.78 is 0. The molecule has 0 spiro atoms. The molecule has 0 aliphatic heterocycles. The molecule has 16 heavy (non-hydrogen) atoms. The lowest BCUT2D eigenvalue weighted by atomic mass is 10.1. The molecule has 1 aromatic carbocycles. The van der Waals surface area contributed by atoms with Gasteiger partial charge in [0, 0.05) is 0 Å². The van der Waals surface area contributed by atoms with Crippen LogP contribution in [0, 0.1) is 19.3 Å². The van der Waals surface area contributed by atoms with Crippen LogP contribution in [0.1, 0.15) is 29.3 Å². The maximum Gasteiger partial charge on any atom is 0.256 e. The highest BCUT2D eigenvalue weighted by Crippen LogP contribution is 2.18.